The predicted octanol–water partition coefficient (Wildman–Crippen LogP) is 0.582. The molecule has 5 nitrogen and oxygen atoms in total. The lowest BCUT2D eigenvalue weighted by atomic mass is 10.3. The summed E-state index contributed by atoms with van der Waals surface area (Å²) in [4.78, 5) is 10.6. The third-order valence-corrected chi connectivity index (χ3v) is 2.49. The van der Waals surface area contributed by atoms with Crippen LogP contribution in [0.1, 0.15) is 12.6 Å². The smallest absolute Gasteiger partial charge is 0.225 e. The zero-order valence-electron chi connectivity index (χ0n) is 9.67. The zero-order chi connectivity index (χ0) is 12.1. The van der Waals surface area contributed by atoms with E-state index in [4.69, 9.17) is 22.7 Å². The van der Waals surface area contributed by atoms with Gasteiger partial charge in [0.05, 0.1) is 12.6 Å². The van der Waals surface area contributed by atoms with Crippen LogP contribution >= 0.6 is 12.2 Å². The van der Waals surface area contributed by atoms with Gasteiger partial charge in [0.2, 0.25) is 5.95 Å². The summed E-state index contributed by atoms with van der Waals surface area (Å²) >= 11 is 4.87. The Hall–Kier alpha value is -1.27. The molecule has 0 aliphatic heterocycles. The first-order valence-electron chi connectivity index (χ1n) is 4.91. The zero-order valence-corrected chi connectivity index (χ0v) is 10.5. The number of thiocarbonyl (C=S) groups is 1. The molecule has 0 radical (unpaired) electrons. The lowest BCUT2D eigenvalue weighted by Gasteiger charge is -2.24. The van der Waals surface area contributed by atoms with Gasteiger partial charge in [0.1, 0.15) is 10.7 Å². The second kappa shape index (κ2) is 5.72. The molecule has 88 valence electrons. The minimum Gasteiger partial charge on any atom is -0.388 e. The summed E-state index contributed by atoms with van der Waals surface area (Å²) in [5.74, 6) is 0.592. The van der Waals surface area contributed by atoms with Crippen LogP contribution in [-0.2, 0) is 4.74 Å². The minimum atomic E-state index is 0.187. The first kappa shape index (κ1) is 12.8. The van der Waals surface area contributed by atoms with Crippen molar-refractivity contribution < 1.29 is 4.74 Å². The molecule has 1 aromatic heterocycles. The average molecular weight is 240 g/mol. The van der Waals surface area contributed by atoms with Crippen LogP contribution in [0.5, 0.6) is 0 Å². The molecule has 1 heterocycles. The molecule has 0 bridgehead atoms. The topological polar surface area (TPSA) is 64.3 Å². The van der Waals surface area contributed by atoms with Gasteiger partial charge in [0.15, 0.2) is 0 Å². The monoisotopic (exact) mass is 240 g/mol. The minimum absolute atomic E-state index is 0.187. The van der Waals surface area contributed by atoms with Crippen molar-refractivity contribution in [1.29, 1.82) is 0 Å². The lowest BCUT2D eigenvalue weighted by Crippen LogP contribution is -2.34. The highest BCUT2D eigenvalue weighted by molar-refractivity contribution is 7.80. The van der Waals surface area contributed by atoms with Crippen LogP contribution in [0.15, 0.2) is 12.3 Å². The van der Waals surface area contributed by atoms with Gasteiger partial charge in [-0.2, -0.15) is 0 Å². The van der Waals surface area contributed by atoms with Crippen molar-refractivity contribution in [1.82, 2.24) is 9.97 Å². The Labute approximate surface area is 101 Å². The van der Waals surface area contributed by atoms with Crippen molar-refractivity contribution in [2.24, 2.45) is 5.73 Å². The molecule has 1 atom stereocenters. The van der Waals surface area contributed by atoms with Gasteiger partial charge in [0.25, 0.3) is 0 Å². The molecule has 0 aliphatic rings. The van der Waals surface area contributed by atoms with Crippen molar-refractivity contribution in [2.45, 2.75) is 13.0 Å². The van der Waals surface area contributed by atoms with Crippen LogP contribution in [0.2, 0.25) is 0 Å². The van der Waals surface area contributed by atoms with E-state index in [-0.39, 0.29) is 11.0 Å². The molecule has 0 spiro atoms. The molecule has 16 heavy (non-hydrogen) atoms. The van der Waals surface area contributed by atoms with Crippen LogP contribution in [0.25, 0.3) is 0 Å². The van der Waals surface area contributed by atoms with Crippen LogP contribution in [0, 0.1) is 0 Å². The summed E-state index contributed by atoms with van der Waals surface area (Å²) in [5.41, 5.74) is 6.10. The fourth-order valence-corrected chi connectivity index (χ4v) is 1.32. The Morgan fingerprint density at radius 3 is 2.94 bits per heavy atom. The molecule has 0 fully saturated rings. The van der Waals surface area contributed by atoms with Crippen molar-refractivity contribution in [3.05, 3.63) is 18.0 Å². The summed E-state index contributed by atoms with van der Waals surface area (Å²) in [7, 11) is 3.57. The molecule has 1 rings (SSSR count). The number of nitrogens with two attached hydrogens (primary N) is 1. The molecule has 6 heteroatoms. The number of ether oxygens (including phenoxy) is 1. The van der Waals surface area contributed by atoms with Crippen molar-refractivity contribution in [2.75, 3.05) is 25.7 Å². The van der Waals surface area contributed by atoms with E-state index in [1.54, 1.807) is 19.4 Å². The number of aromatic nitrogens is 2. The standard InChI is InChI=1S/C10H16N4OS/c1-7(6-15-3)14(2)10-12-5-4-8(13-10)9(11)16/h4-5,7H,6H2,1-3H3,(H2,11,16). The van der Waals surface area contributed by atoms with E-state index < -0.39 is 0 Å². The highest BCUT2D eigenvalue weighted by atomic mass is 32.1. The molecule has 1 aromatic rings. The van der Waals surface area contributed by atoms with Gasteiger partial charge in [-0.1, -0.05) is 12.2 Å². The SMILES string of the molecule is COCC(C)N(C)c1nccc(C(N)=S)n1. The van der Waals surface area contributed by atoms with E-state index in [1.807, 2.05) is 18.9 Å². The van der Waals surface area contributed by atoms with Gasteiger partial charge < -0.3 is 15.4 Å². The Kier molecular flexibility index (Phi) is 4.57. The van der Waals surface area contributed by atoms with Crippen LogP contribution in [0.4, 0.5) is 5.95 Å². The van der Waals surface area contributed by atoms with Gasteiger partial charge >= 0.3 is 0 Å². The second-order valence-corrected chi connectivity index (χ2v) is 3.96. The number of rotatable bonds is 5. The molecule has 0 amide bonds. The quantitative estimate of drug-likeness (QED) is 0.760. The number of anilines is 1. The molecule has 0 saturated carbocycles. The molecule has 2 N–H and O–H groups in total. The Bertz CT molecular complexity index is 372. The van der Waals surface area contributed by atoms with Gasteiger partial charge in [-0.15, -0.1) is 0 Å². The highest BCUT2D eigenvalue weighted by Crippen LogP contribution is 2.09. The number of hydrogen-bond acceptors (Lipinski definition) is 5. The summed E-state index contributed by atoms with van der Waals surface area (Å²) in [5, 5.41) is 0. The van der Waals surface area contributed by atoms with Crippen molar-refractivity contribution in [3.8, 4) is 0 Å². The maximum atomic E-state index is 5.52. The third kappa shape index (κ3) is 3.11. The van der Waals surface area contributed by atoms with E-state index in [2.05, 4.69) is 9.97 Å². The van der Waals surface area contributed by atoms with E-state index >= 15 is 0 Å². The van der Waals surface area contributed by atoms with Gasteiger partial charge in [0, 0.05) is 20.4 Å². The van der Waals surface area contributed by atoms with E-state index in [9.17, 15) is 0 Å². The van der Waals surface area contributed by atoms with Crippen LogP contribution in [-0.4, -0.2) is 41.8 Å². The maximum absolute atomic E-state index is 5.52. The summed E-state index contributed by atoms with van der Waals surface area (Å²) in [6.45, 7) is 2.64. The normalized spacial score (nSPS) is 12.2. The first-order chi connectivity index (χ1) is 7.56. The second-order valence-electron chi connectivity index (χ2n) is 3.52. The van der Waals surface area contributed by atoms with E-state index in [0.717, 1.165) is 0 Å². The number of hydrogen-bond donors (Lipinski definition) is 1. The Balaban J connectivity index is 2.86. The molecular formula is C10H16N4OS. The molecule has 0 aromatic carbocycles. The van der Waals surface area contributed by atoms with Gasteiger partial charge in [-0.3, -0.25) is 0 Å². The van der Waals surface area contributed by atoms with Gasteiger partial charge in [-0.05, 0) is 13.0 Å². The van der Waals surface area contributed by atoms with E-state index in [0.29, 0.717) is 18.2 Å². The van der Waals surface area contributed by atoms with Gasteiger partial charge in [-0.25, -0.2) is 9.97 Å². The molecular weight excluding hydrogens is 224 g/mol. The van der Waals surface area contributed by atoms with E-state index in [1.165, 1.54) is 0 Å². The average Bonchev–Trinajstić information content (AvgIpc) is 2.28. The van der Waals surface area contributed by atoms with Crippen molar-refractivity contribution in [3.63, 3.8) is 0 Å². The third-order valence-electron chi connectivity index (χ3n) is 2.28. The maximum Gasteiger partial charge on any atom is 0.225 e. The summed E-state index contributed by atoms with van der Waals surface area (Å²) in [6.07, 6.45) is 1.65. The predicted molar refractivity (Wildman–Crippen MR) is 67.7 cm³/mol. The number of nitrogens with zero attached hydrogens (tertiary/aromatic N) is 3. The first-order valence-corrected chi connectivity index (χ1v) is 5.31. The lowest BCUT2D eigenvalue weighted by molar-refractivity contribution is 0.183. The molecule has 0 saturated heterocycles. The number of methoxy groups -OCH3 is 1. The largest absolute Gasteiger partial charge is 0.388 e. The fraction of sp³-hybridized carbons (Fsp3) is 0.500. The van der Waals surface area contributed by atoms with Crippen LogP contribution in [0.3, 0.4) is 0 Å². The summed E-state index contributed by atoms with van der Waals surface area (Å²) in [6, 6.07) is 1.88. The molecule has 1 unspecified atom stereocenters. The molecule has 0 aliphatic carbocycles. The number of likely N-dealkylation sites (N-methyl/N-ethyl adjacent to an activating group) is 1. The Morgan fingerprint density at radius 1 is 1.69 bits per heavy atom. The summed E-state index contributed by atoms with van der Waals surface area (Å²) < 4.78 is 5.08. The van der Waals surface area contributed by atoms with Crippen molar-refractivity contribution >= 4 is 23.2 Å². The Morgan fingerprint density at radius 2 is 2.38 bits per heavy atom. The van der Waals surface area contributed by atoms with Crippen LogP contribution < -0.4 is 10.6 Å². The fourth-order valence-electron chi connectivity index (χ4n) is 1.21. The highest BCUT2D eigenvalue weighted by Gasteiger charge is 2.12.